The first-order chi connectivity index (χ1) is 15.7. The highest BCUT2D eigenvalue weighted by Gasteiger charge is 2.65. The Kier molecular flexibility index (Phi) is 4.70. The van der Waals surface area contributed by atoms with Crippen molar-refractivity contribution in [1.29, 1.82) is 0 Å². The molecule has 7 nitrogen and oxygen atoms in total. The largest absolute Gasteiger partial charge is 0.573 e. The van der Waals surface area contributed by atoms with Crippen LogP contribution in [0, 0.1) is 0 Å². The second-order valence-electron chi connectivity index (χ2n) is 7.91. The summed E-state index contributed by atoms with van der Waals surface area (Å²) in [5, 5.41) is 0.755. The summed E-state index contributed by atoms with van der Waals surface area (Å²) in [6.45, 7) is 0.162. The van der Waals surface area contributed by atoms with E-state index in [4.69, 9.17) is 4.74 Å². The molecule has 1 saturated heterocycles. The van der Waals surface area contributed by atoms with Crippen LogP contribution in [0.4, 0.5) is 23.7 Å². The molecule has 5 rings (SSSR count). The number of hydrogen-bond donors (Lipinski definition) is 0. The first kappa shape index (κ1) is 21.0. The first-order valence-corrected chi connectivity index (χ1v) is 10.2. The molecule has 2 aliphatic rings. The van der Waals surface area contributed by atoms with Crippen LogP contribution in [0.3, 0.4) is 0 Å². The summed E-state index contributed by atoms with van der Waals surface area (Å²) < 4.78 is 46.7. The number of anilines is 1. The van der Waals surface area contributed by atoms with Crippen molar-refractivity contribution < 1.29 is 32.2 Å². The molecule has 2 heterocycles. The Labute approximate surface area is 186 Å². The van der Waals surface area contributed by atoms with Crippen molar-refractivity contribution in [2.24, 2.45) is 0 Å². The Balaban J connectivity index is 1.47. The van der Waals surface area contributed by atoms with Gasteiger partial charge in [0.25, 0.3) is 5.91 Å². The molecule has 0 N–H and O–H groups in total. The van der Waals surface area contributed by atoms with Crippen LogP contribution in [0.25, 0.3) is 10.9 Å². The molecule has 1 spiro atoms. The van der Waals surface area contributed by atoms with Gasteiger partial charge in [0.15, 0.2) is 0 Å². The van der Waals surface area contributed by atoms with Gasteiger partial charge in [-0.05, 0) is 60.9 Å². The van der Waals surface area contributed by atoms with E-state index in [0.29, 0.717) is 24.1 Å². The van der Waals surface area contributed by atoms with Crippen LogP contribution in [0.2, 0.25) is 0 Å². The molecule has 3 amide bonds. The number of methoxy groups -OCH3 is 1. The maximum absolute atomic E-state index is 13.4. The van der Waals surface area contributed by atoms with Gasteiger partial charge in [0.1, 0.15) is 17.0 Å². The van der Waals surface area contributed by atoms with Crippen molar-refractivity contribution in [2.75, 3.05) is 12.0 Å². The van der Waals surface area contributed by atoms with E-state index >= 15 is 0 Å². The van der Waals surface area contributed by atoms with Gasteiger partial charge < -0.3 is 14.4 Å². The fourth-order valence-corrected chi connectivity index (χ4v) is 4.27. The number of alkyl halides is 3. The Bertz CT molecular complexity index is 1250. The van der Waals surface area contributed by atoms with E-state index in [2.05, 4.69) is 9.72 Å². The van der Waals surface area contributed by atoms with Gasteiger partial charge in [-0.15, -0.1) is 13.2 Å². The zero-order valence-electron chi connectivity index (χ0n) is 17.4. The van der Waals surface area contributed by atoms with Crippen molar-refractivity contribution >= 4 is 28.5 Å². The number of carbonyl (C=O) groups excluding carboxylic acids is 2. The zero-order valence-corrected chi connectivity index (χ0v) is 17.4. The average molecular weight is 457 g/mol. The van der Waals surface area contributed by atoms with Crippen molar-refractivity contribution in [3.05, 3.63) is 60.3 Å². The normalized spacial score (nSPS) is 17.2. The van der Waals surface area contributed by atoms with Crippen molar-refractivity contribution in [2.45, 2.75) is 31.3 Å². The van der Waals surface area contributed by atoms with E-state index < -0.39 is 23.7 Å². The highest BCUT2D eigenvalue weighted by molar-refractivity contribution is 6.24. The zero-order chi connectivity index (χ0) is 23.4. The number of hydrogen-bond acceptors (Lipinski definition) is 5. The Morgan fingerprint density at radius 1 is 1.06 bits per heavy atom. The predicted octanol–water partition coefficient (Wildman–Crippen LogP) is 4.64. The summed E-state index contributed by atoms with van der Waals surface area (Å²) in [5.41, 5.74) is 0.716. The fraction of sp³-hybridized carbons (Fsp3) is 0.261. The summed E-state index contributed by atoms with van der Waals surface area (Å²) in [6.07, 6.45) is -2.16. The Morgan fingerprint density at radius 3 is 2.42 bits per heavy atom. The molecule has 10 heteroatoms. The number of nitrogens with zero attached hydrogens (tertiary/aromatic N) is 3. The number of imide groups is 1. The van der Waals surface area contributed by atoms with E-state index in [1.807, 2.05) is 12.1 Å². The summed E-state index contributed by atoms with van der Waals surface area (Å²) in [6, 6.07) is 11.4. The maximum atomic E-state index is 13.4. The second-order valence-corrected chi connectivity index (χ2v) is 7.91. The van der Waals surface area contributed by atoms with Gasteiger partial charge in [-0.1, -0.05) is 6.07 Å². The minimum atomic E-state index is -4.83. The first-order valence-electron chi connectivity index (χ1n) is 10.2. The molecule has 170 valence electrons. The number of benzene rings is 2. The van der Waals surface area contributed by atoms with E-state index in [1.165, 1.54) is 17.0 Å². The molecule has 0 atom stereocenters. The molecule has 0 unspecified atom stereocenters. The maximum Gasteiger partial charge on any atom is 0.573 e. The molecular formula is C23H18F3N3O4. The number of halogens is 3. The van der Waals surface area contributed by atoms with Crippen molar-refractivity contribution in [3.63, 3.8) is 0 Å². The number of amides is 3. The lowest BCUT2D eigenvalue weighted by Crippen LogP contribution is -2.36. The lowest BCUT2D eigenvalue weighted by molar-refractivity contribution is -0.274. The third-order valence-corrected chi connectivity index (χ3v) is 5.96. The summed E-state index contributed by atoms with van der Waals surface area (Å²) in [4.78, 5) is 33.5. The molecule has 1 aromatic heterocycles. The average Bonchev–Trinajstić information content (AvgIpc) is 3.55. The van der Waals surface area contributed by atoms with Crippen LogP contribution in [0.15, 0.2) is 54.7 Å². The lowest BCUT2D eigenvalue weighted by Gasteiger charge is -2.22. The minimum absolute atomic E-state index is 0.162. The van der Waals surface area contributed by atoms with Gasteiger partial charge >= 0.3 is 12.4 Å². The molecule has 0 bridgehead atoms. The third kappa shape index (κ3) is 3.51. The monoisotopic (exact) mass is 457 g/mol. The number of fused-ring (bicyclic) bond motifs is 1. The summed E-state index contributed by atoms with van der Waals surface area (Å²) >= 11 is 0. The lowest BCUT2D eigenvalue weighted by atomic mass is 10.1. The fourth-order valence-electron chi connectivity index (χ4n) is 4.27. The molecule has 33 heavy (non-hydrogen) atoms. The predicted molar refractivity (Wildman–Crippen MR) is 112 cm³/mol. The molecule has 1 aliphatic carbocycles. The van der Waals surface area contributed by atoms with E-state index in [0.717, 1.165) is 28.0 Å². The highest BCUT2D eigenvalue weighted by Crippen LogP contribution is 2.50. The summed E-state index contributed by atoms with van der Waals surface area (Å²) in [7, 11) is 1.55. The van der Waals surface area contributed by atoms with E-state index in [-0.39, 0.29) is 18.1 Å². The van der Waals surface area contributed by atoms with E-state index in [1.54, 1.807) is 25.4 Å². The molecular weight excluding hydrogens is 439 g/mol. The van der Waals surface area contributed by atoms with Crippen LogP contribution in [-0.2, 0) is 11.3 Å². The number of rotatable bonds is 5. The molecule has 3 aromatic rings. The number of urea groups is 1. The number of ether oxygens (including phenoxy) is 2. The molecule has 0 radical (unpaired) electrons. The topological polar surface area (TPSA) is 72.0 Å². The van der Waals surface area contributed by atoms with Gasteiger partial charge in [-0.3, -0.25) is 9.78 Å². The van der Waals surface area contributed by atoms with E-state index in [9.17, 15) is 22.8 Å². The quantitative estimate of drug-likeness (QED) is 0.522. The molecule has 1 aliphatic heterocycles. The van der Waals surface area contributed by atoms with Crippen LogP contribution in [0.5, 0.6) is 11.5 Å². The second kappa shape index (κ2) is 7.36. The Hall–Kier alpha value is -3.82. The SMILES string of the molecule is COc1cccc2nccc(CN3C(=O)N(c4ccc(OC(F)(F)F)cc4)C(=O)C34CC4)c12. The van der Waals surface area contributed by atoms with Gasteiger partial charge in [0, 0.05) is 18.1 Å². The molecule has 2 aromatic carbocycles. The number of aromatic nitrogens is 1. The summed E-state index contributed by atoms with van der Waals surface area (Å²) in [5.74, 6) is -0.212. The van der Waals surface area contributed by atoms with Gasteiger partial charge in [0.05, 0.1) is 18.3 Å². The molecule has 1 saturated carbocycles. The van der Waals surface area contributed by atoms with Crippen molar-refractivity contribution in [3.8, 4) is 11.5 Å². The van der Waals surface area contributed by atoms with Gasteiger partial charge in [-0.25, -0.2) is 9.69 Å². The third-order valence-electron chi connectivity index (χ3n) is 5.96. The highest BCUT2D eigenvalue weighted by atomic mass is 19.4. The number of carbonyl (C=O) groups is 2. The molecule has 2 fully saturated rings. The Morgan fingerprint density at radius 2 is 1.79 bits per heavy atom. The van der Waals surface area contributed by atoms with Crippen molar-refractivity contribution in [1.82, 2.24) is 9.88 Å². The van der Waals surface area contributed by atoms with Crippen LogP contribution < -0.4 is 14.4 Å². The number of pyridine rings is 1. The van der Waals surface area contributed by atoms with Crippen LogP contribution in [-0.4, -0.2) is 40.8 Å². The minimum Gasteiger partial charge on any atom is -0.496 e. The van der Waals surface area contributed by atoms with Gasteiger partial charge in [0.2, 0.25) is 0 Å². The van der Waals surface area contributed by atoms with Crippen LogP contribution in [0.1, 0.15) is 18.4 Å². The smallest absolute Gasteiger partial charge is 0.496 e. The van der Waals surface area contributed by atoms with Crippen LogP contribution >= 0.6 is 0 Å². The standard InChI is InChI=1S/C23H18F3N3O4/c1-32-18-4-2-3-17-19(18)14(9-12-27-17)13-28-21(31)29(20(30)22(28)10-11-22)15-5-7-16(8-6-15)33-23(24,25)26/h2-9,12H,10-11,13H2,1H3. The van der Waals surface area contributed by atoms with Gasteiger partial charge in [-0.2, -0.15) is 0 Å².